The number of fused-ring (bicyclic) bond motifs is 4. The van der Waals surface area contributed by atoms with Gasteiger partial charge in [-0.2, -0.15) is 0 Å². The zero-order chi connectivity index (χ0) is 33.0. The number of hydrogen-bond acceptors (Lipinski definition) is 10. The Morgan fingerprint density at radius 2 is 1.67 bits per heavy atom. The van der Waals surface area contributed by atoms with Crippen LogP contribution in [0.5, 0.6) is 0 Å². The van der Waals surface area contributed by atoms with Crippen molar-refractivity contribution in [2.75, 3.05) is 13.2 Å². The van der Waals surface area contributed by atoms with Crippen LogP contribution in [0, 0.1) is 40.4 Å². The maximum atomic E-state index is 11.8. The highest BCUT2D eigenvalue weighted by Gasteiger charge is 2.62. The fraction of sp³-hybridized carbons (Fsp3) is 0.886. The molecule has 8 N–H and O–H groups in total. The van der Waals surface area contributed by atoms with E-state index in [1.807, 2.05) is 6.08 Å². The lowest BCUT2D eigenvalue weighted by Gasteiger charge is -2.58. The van der Waals surface area contributed by atoms with E-state index in [9.17, 15) is 40.9 Å². The van der Waals surface area contributed by atoms with Crippen LogP contribution >= 0.6 is 0 Å². The minimum Gasteiger partial charge on any atom is -0.394 e. The summed E-state index contributed by atoms with van der Waals surface area (Å²) in [6.45, 7) is 10.5. The molecule has 4 aliphatic carbocycles. The van der Waals surface area contributed by atoms with Crippen LogP contribution in [0.3, 0.4) is 0 Å². The smallest absolute Gasteiger partial charge is 0.186 e. The van der Waals surface area contributed by atoms with Gasteiger partial charge in [-0.1, -0.05) is 51.8 Å². The molecule has 0 spiro atoms. The van der Waals surface area contributed by atoms with Crippen molar-refractivity contribution in [3.05, 3.63) is 22.8 Å². The van der Waals surface area contributed by atoms with Crippen molar-refractivity contribution in [2.45, 2.75) is 141 Å². The summed E-state index contributed by atoms with van der Waals surface area (Å²) >= 11 is 0. The average Bonchev–Trinajstić information content (AvgIpc) is 3.27. The zero-order valence-electron chi connectivity index (χ0n) is 27.6. The quantitative estimate of drug-likeness (QED) is 0.174. The molecule has 0 radical (unpaired) electrons. The minimum atomic E-state index is -1.52. The van der Waals surface area contributed by atoms with Gasteiger partial charge in [0.25, 0.3) is 0 Å². The van der Waals surface area contributed by atoms with Crippen LogP contribution in [-0.4, -0.2) is 109 Å². The molecule has 1 saturated heterocycles. The van der Waals surface area contributed by atoms with Crippen molar-refractivity contribution in [1.82, 2.24) is 0 Å². The fourth-order valence-corrected chi connectivity index (χ4v) is 10.3. The van der Waals surface area contributed by atoms with Gasteiger partial charge >= 0.3 is 0 Å². The molecule has 0 aromatic rings. The maximum absolute atomic E-state index is 11.8. The number of rotatable bonds is 9. The van der Waals surface area contributed by atoms with Gasteiger partial charge in [0.1, 0.15) is 30.5 Å². The molecule has 258 valence electrons. The van der Waals surface area contributed by atoms with Crippen molar-refractivity contribution in [2.24, 2.45) is 40.4 Å². The number of aliphatic hydroxyl groups is 8. The molecule has 1 heterocycles. The van der Waals surface area contributed by atoms with Gasteiger partial charge < -0.3 is 50.3 Å². The largest absolute Gasteiger partial charge is 0.394 e. The van der Waals surface area contributed by atoms with E-state index in [0.29, 0.717) is 31.6 Å². The highest BCUT2D eigenvalue weighted by molar-refractivity contribution is 5.39. The van der Waals surface area contributed by atoms with E-state index in [1.165, 1.54) is 11.1 Å². The van der Waals surface area contributed by atoms with Gasteiger partial charge in [0.05, 0.1) is 31.5 Å². The van der Waals surface area contributed by atoms with Crippen LogP contribution in [0.4, 0.5) is 0 Å². The number of allylic oxidation sites excluding steroid dienone is 2. The molecule has 0 amide bonds. The third kappa shape index (κ3) is 6.11. The van der Waals surface area contributed by atoms with Crippen molar-refractivity contribution in [3.8, 4) is 0 Å². The lowest BCUT2D eigenvalue weighted by atomic mass is 9.49. The van der Waals surface area contributed by atoms with E-state index < -0.39 is 61.7 Å². The summed E-state index contributed by atoms with van der Waals surface area (Å²) in [7, 11) is 0. The van der Waals surface area contributed by atoms with Crippen LogP contribution in [0.1, 0.15) is 86.0 Å². The molecule has 1 aliphatic heterocycles. The highest BCUT2D eigenvalue weighted by atomic mass is 16.7. The van der Waals surface area contributed by atoms with Gasteiger partial charge in [-0.3, -0.25) is 0 Å². The van der Waals surface area contributed by atoms with E-state index in [2.05, 4.69) is 34.6 Å². The van der Waals surface area contributed by atoms with Crippen LogP contribution in [0.25, 0.3) is 0 Å². The van der Waals surface area contributed by atoms with Crippen LogP contribution in [-0.2, 0) is 9.47 Å². The lowest BCUT2D eigenvalue weighted by Crippen LogP contribution is -2.60. The summed E-state index contributed by atoms with van der Waals surface area (Å²) in [5.74, 6) is 0.354. The van der Waals surface area contributed by atoms with Gasteiger partial charge in [-0.25, -0.2) is 0 Å². The topological polar surface area (TPSA) is 180 Å². The van der Waals surface area contributed by atoms with Gasteiger partial charge in [0.2, 0.25) is 0 Å². The summed E-state index contributed by atoms with van der Waals surface area (Å²) in [4.78, 5) is 0. The summed E-state index contributed by atoms with van der Waals surface area (Å²) in [5.41, 5.74) is 2.82. The number of hydrogen-bond donors (Lipinski definition) is 8. The summed E-state index contributed by atoms with van der Waals surface area (Å²) < 4.78 is 11.7. The predicted octanol–water partition coefficient (Wildman–Crippen LogP) is 1.80. The Balaban J connectivity index is 1.34. The average molecular weight is 639 g/mol. The third-order valence-electron chi connectivity index (χ3n) is 12.9. The Morgan fingerprint density at radius 3 is 2.31 bits per heavy atom. The molecule has 3 fully saturated rings. The molecule has 2 saturated carbocycles. The van der Waals surface area contributed by atoms with E-state index >= 15 is 0 Å². The maximum Gasteiger partial charge on any atom is 0.186 e. The minimum absolute atomic E-state index is 0.0215. The normalized spacial score (nSPS) is 47.8. The van der Waals surface area contributed by atoms with E-state index in [0.717, 1.165) is 31.3 Å². The van der Waals surface area contributed by atoms with Crippen molar-refractivity contribution >= 4 is 0 Å². The second-order valence-electron chi connectivity index (χ2n) is 15.6. The number of aliphatic hydroxyl groups excluding tert-OH is 8. The highest BCUT2D eigenvalue weighted by Crippen LogP contribution is 2.66. The first-order chi connectivity index (χ1) is 21.2. The zero-order valence-corrected chi connectivity index (χ0v) is 27.6. The predicted molar refractivity (Wildman–Crippen MR) is 166 cm³/mol. The Hall–Kier alpha value is -0.920. The first-order valence-electron chi connectivity index (χ1n) is 17.2. The molecule has 0 aromatic heterocycles. The molecule has 0 bridgehead atoms. The summed E-state index contributed by atoms with van der Waals surface area (Å²) in [5, 5.41) is 84.9. The molecule has 0 aromatic carbocycles. The van der Waals surface area contributed by atoms with Gasteiger partial charge in [-0.05, 0) is 97.4 Å². The Labute approximate surface area is 267 Å². The van der Waals surface area contributed by atoms with Crippen LogP contribution < -0.4 is 0 Å². The lowest BCUT2D eigenvalue weighted by molar-refractivity contribution is -0.316. The Bertz CT molecular complexity index is 1110. The third-order valence-corrected chi connectivity index (χ3v) is 12.9. The van der Waals surface area contributed by atoms with Crippen LogP contribution in [0.2, 0.25) is 0 Å². The van der Waals surface area contributed by atoms with Crippen molar-refractivity contribution in [1.29, 1.82) is 0 Å². The number of ether oxygens (including phenoxy) is 2. The molecule has 45 heavy (non-hydrogen) atoms. The van der Waals surface area contributed by atoms with Crippen molar-refractivity contribution in [3.63, 3.8) is 0 Å². The first kappa shape index (κ1) is 35.4. The van der Waals surface area contributed by atoms with Gasteiger partial charge in [0, 0.05) is 0 Å². The van der Waals surface area contributed by atoms with E-state index in [-0.39, 0.29) is 41.1 Å². The Morgan fingerprint density at radius 1 is 0.956 bits per heavy atom. The van der Waals surface area contributed by atoms with E-state index in [4.69, 9.17) is 9.47 Å². The second-order valence-corrected chi connectivity index (χ2v) is 15.6. The molecule has 10 nitrogen and oxygen atoms in total. The van der Waals surface area contributed by atoms with Gasteiger partial charge in [-0.15, -0.1) is 0 Å². The molecule has 10 heteroatoms. The monoisotopic (exact) mass is 638 g/mol. The standard InChI is InChI=1S/C35H58O10/c1-17(2)19(10-13-36)7-6-18(3)27-24(38)15-22-26-21(9-12-35(22,27)5)34(4)11-8-20(14-23(34)28(39)30(26)41)44-33-32(43)31(42)29(40)25(16-37)45-33/h10,17-18,20,22-25,27-33,36-43H,6-9,11-16H2,1-5H3/t18-,20+,22+,23+,24+,25-,27+,28+,29-,30+,31+,32-,33-,34-,35+/m1/s1. The second kappa shape index (κ2) is 13.5. The molecule has 5 rings (SSSR count). The Kier molecular flexibility index (Phi) is 10.6. The van der Waals surface area contributed by atoms with Crippen molar-refractivity contribution < 1.29 is 50.3 Å². The first-order valence-corrected chi connectivity index (χ1v) is 17.2. The molecular weight excluding hydrogens is 580 g/mol. The molecule has 0 unspecified atom stereocenters. The van der Waals surface area contributed by atoms with Crippen LogP contribution in [0.15, 0.2) is 22.8 Å². The molecule has 15 atom stereocenters. The van der Waals surface area contributed by atoms with Gasteiger partial charge in [0.15, 0.2) is 6.29 Å². The molecule has 5 aliphatic rings. The summed E-state index contributed by atoms with van der Waals surface area (Å²) in [6.07, 6.45) is -2.04. The SMILES string of the molecule is CC(C)C(=CCO)CC[C@@H](C)[C@H]1[C@@H](O)C[C@H]2C3=C(CC[C@]12C)[C@@]1(C)CC[C@H](O[C@@H]2O[C@H](CO)[C@@H](O)[C@H](O)[C@H]2O)C[C@H]1[C@H](O)[C@H]3O. The summed E-state index contributed by atoms with van der Waals surface area (Å²) in [6, 6.07) is 0. The molecular formula is C35H58O10. The van der Waals surface area contributed by atoms with E-state index in [1.54, 1.807) is 0 Å². The fourth-order valence-electron chi connectivity index (χ4n) is 10.3.